The summed E-state index contributed by atoms with van der Waals surface area (Å²) >= 11 is 0. The third-order valence-electron chi connectivity index (χ3n) is 6.37. The lowest BCUT2D eigenvalue weighted by molar-refractivity contribution is -0.145. The molecule has 9 heteroatoms. The van der Waals surface area contributed by atoms with Crippen LogP contribution in [-0.4, -0.2) is 79.4 Å². The van der Waals surface area contributed by atoms with E-state index in [9.17, 15) is 18.8 Å². The smallest absolute Gasteiger partial charge is 0.243 e. The van der Waals surface area contributed by atoms with Crippen LogP contribution in [0.3, 0.4) is 0 Å². The van der Waals surface area contributed by atoms with Crippen molar-refractivity contribution in [1.29, 1.82) is 0 Å². The minimum atomic E-state index is -0.828. The van der Waals surface area contributed by atoms with E-state index in [2.05, 4.69) is 20.4 Å². The first kappa shape index (κ1) is 23.7. The second kappa shape index (κ2) is 10.6. The maximum absolute atomic E-state index is 13.2. The lowest BCUT2D eigenvalue weighted by Gasteiger charge is -2.39. The number of anilines is 2. The van der Waals surface area contributed by atoms with Crippen LogP contribution in [0.25, 0.3) is 0 Å². The number of aryl methyl sites for hydroxylation is 1. The Labute approximate surface area is 198 Å². The van der Waals surface area contributed by atoms with E-state index in [1.54, 1.807) is 12.1 Å². The fraction of sp³-hybridized carbons (Fsp3) is 0.400. The van der Waals surface area contributed by atoms with Crippen LogP contribution in [0.15, 0.2) is 48.5 Å². The highest BCUT2D eigenvalue weighted by Crippen LogP contribution is 2.18. The number of hydrogen-bond acceptors (Lipinski definition) is 5. The first-order valence-electron chi connectivity index (χ1n) is 11.6. The number of rotatable bonds is 6. The monoisotopic (exact) mass is 467 g/mol. The second-order valence-electron chi connectivity index (χ2n) is 8.70. The number of carbonyl (C=O) groups is 3. The molecular formula is C25H30FN5O3. The van der Waals surface area contributed by atoms with Gasteiger partial charge in [-0.25, -0.2) is 4.39 Å². The molecule has 8 nitrogen and oxygen atoms in total. The summed E-state index contributed by atoms with van der Waals surface area (Å²) in [6.45, 7) is 5.66. The second-order valence-corrected chi connectivity index (χ2v) is 8.70. The molecule has 2 aromatic carbocycles. The third-order valence-corrected chi connectivity index (χ3v) is 6.37. The van der Waals surface area contributed by atoms with Gasteiger partial charge in [-0.05, 0) is 42.8 Å². The molecule has 2 heterocycles. The summed E-state index contributed by atoms with van der Waals surface area (Å²) in [6, 6.07) is 13.0. The van der Waals surface area contributed by atoms with E-state index in [0.29, 0.717) is 31.9 Å². The van der Waals surface area contributed by atoms with E-state index in [1.807, 2.05) is 31.2 Å². The van der Waals surface area contributed by atoms with Crippen molar-refractivity contribution < 1.29 is 18.8 Å². The summed E-state index contributed by atoms with van der Waals surface area (Å²) in [5.41, 5.74) is 2.58. The Balaban J connectivity index is 1.32. The van der Waals surface area contributed by atoms with Crippen molar-refractivity contribution in [3.05, 3.63) is 59.9 Å². The van der Waals surface area contributed by atoms with E-state index in [0.717, 1.165) is 24.3 Å². The number of piperazine rings is 2. The van der Waals surface area contributed by atoms with Crippen LogP contribution in [0.1, 0.15) is 12.0 Å². The lowest BCUT2D eigenvalue weighted by atomic mass is 10.1. The molecular weight excluding hydrogens is 437 g/mol. The highest BCUT2D eigenvalue weighted by molar-refractivity contribution is 5.98. The van der Waals surface area contributed by atoms with Gasteiger partial charge in [0.2, 0.25) is 17.7 Å². The first-order chi connectivity index (χ1) is 16.4. The maximum atomic E-state index is 13.2. The number of para-hydroxylation sites is 1. The molecule has 180 valence electrons. The van der Waals surface area contributed by atoms with E-state index in [4.69, 9.17) is 0 Å². The Bertz CT molecular complexity index is 1040. The Hall–Kier alpha value is -3.46. The van der Waals surface area contributed by atoms with Crippen molar-refractivity contribution in [2.45, 2.75) is 19.4 Å². The van der Waals surface area contributed by atoms with Gasteiger partial charge in [0.25, 0.3) is 0 Å². The minimum Gasteiger partial charge on any atom is -0.369 e. The normalized spacial score (nSPS) is 19.0. The Morgan fingerprint density at radius 3 is 2.44 bits per heavy atom. The fourth-order valence-corrected chi connectivity index (χ4v) is 4.40. The SMILES string of the molecule is Cc1ccccc1NC(=O)C[C@@H]1C(=O)NCCN1C(=O)CN1CCN(c2ccc(F)cc2)CC1. The van der Waals surface area contributed by atoms with Crippen LogP contribution in [0.2, 0.25) is 0 Å². The zero-order valence-electron chi connectivity index (χ0n) is 19.3. The van der Waals surface area contributed by atoms with Gasteiger partial charge in [0.05, 0.1) is 13.0 Å². The van der Waals surface area contributed by atoms with Crippen LogP contribution < -0.4 is 15.5 Å². The van der Waals surface area contributed by atoms with Gasteiger partial charge in [0.15, 0.2) is 0 Å². The van der Waals surface area contributed by atoms with E-state index < -0.39 is 6.04 Å². The molecule has 2 N–H and O–H groups in total. The average molecular weight is 468 g/mol. The average Bonchev–Trinajstić information content (AvgIpc) is 2.83. The number of halogens is 1. The molecule has 0 aromatic heterocycles. The number of nitrogens with zero attached hydrogens (tertiary/aromatic N) is 3. The van der Waals surface area contributed by atoms with Gasteiger partial charge in [-0.1, -0.05) is 18.2 Å². The minimum absolute atomic E-state index is 0.0930. The summed E-state index contributed by atoms with van der Waals surface area (Å²) in [4.78, 5) is 44.1. The Kier molecular flexibility index (Phi) is 7.42. The molecule has 2 aromatic rings. The fourth-order valence-electron chi connectivity index (χ4n) is 4.40. The molecule has 2 saturated heterocycles. The predicted octanol–water partition coefficient (Wildman–Crippen LogP) is 1.61. The largest absolute Gasteiger partial charge is 0.369 e. The summed E-state index contributed by atoms with van der Waals surface area (Å²) in [6.07, 6.45) is -0.0930. The summed E-state index contributed by atoms with van der Waals surface area (Å²) in [5.74, 6) is -1.03. The van der Waals surface area contributed by atoms with Crippen molar-refractivity contribution >= 4 is 29.1 Å². The number of hydrogen-bond donors (Lipinski definition) is 2. The predicted molar refractivity (Wildman–Crippen MR) is 128 cm³/mol. The van der Waals surface area contributed by atoms with Crippen LogP contribution in [0.4, 0.5) is 15.8 Å². The molecule has 2 fully saturated rings. The van der Waals surface area contributed by atoms with Crippen LogP contribution >= 0.6 is 0 Å². The quantitative estimate of drug-likeness (QED) is 0.675. The van der Waals surface area contributed by atoms with Gasteiger partial charge < -0.3 is 20.4 Å². The standard InChI is InChI=1S/C25H30FN5O3/c1-18-4-2-3-5-21(18)28-23(32)16-22-25(34)27-10-11-31(22)24(33)17-29-12-14-30(15-13-29)20-8-6-19(26)7-9-20/h2-9,22H,10-17H2,1H3,(H,27,34)(H,28,32)/t22-/m1/s1. The Morgan fingerprint density at radius 2 is 1.74 bits per heavy atom. The molecule has 4 rings (SSSR count). The number of benzene rings is 2. The van der Waals surface area contributed by atoms with E-state index >= 15 is 0 Å². The molecule has 0 spiro atoms. The van der Waals surface area contributed by atoms with E-state index in [1.165, 1.54) is 17.0 Å². The van der Waals surface area contributed by atoms with Gasteiger partial charge in [0.1, 0.15) is 11.9 Å². The lowest BCUT2D eigenvalue weighted by Crippen LogP contribution is -2.60. The van der Waals surface area contributed by atoms with Gasteiger partial charge >= 0.3 is 0 Å². The molecule has 0 bridgehead atoms. The summed E-state index contributed by atoms with van der Waals surface area (Å²) in [5, 5.41) is 5.62. The number of carbonyl (C=O) groups excluding carboxylic acids is 3. The zero-order chi connectivity index (χ0) is 24.1. The highest BCUT2D eigenvalue weighted by Gasteiger charge is 2.35. The highest BCUT2D eigenvalue weighted by atomic mass is 19.1. The van der Waals surface area contributed by atoms with Crippen molar-refractivity contribution in [1.82, 2.24) is 15.1 Å². The molecule has 34 heavy (non-hydrogen) atoms. The molecule has 0 aliphatic carbocycles. The zero-order valence-corrected chi connectivity index (χ0v) is 19.3. The van der Waals surface area contributed by atoms with Crippen molar-refractivity contribution in [3.8, 4) is 0 Å². The van der Waals surface area contributed by atoms with Gasteiger partial charge in [-0.15, -0.1) is 0 Å². The van der Waals surface area contributed by atoms with Gasteiger partial charge in [0, 0.05) is 50.6 Å². The number of nitrogens with one attached hydrogen (secondary N) is 2. The topological polar surface area (TPSA) is 85.0 Å². The maximum Gasteiger partial charge on any atom is 0.243 e. The first-order valence-corrected chi connectivity index (χ1v) is 11.6. The van der Waals surface area contributed by atoms with Gasteiger partial charge in [-0.2, -0.15) is 0 Å². The van der Waals surface area contributed by atoms with Crippen LogP contribution in [0, 0.1) is 12.7 Å². The van der Waals surface area contributed by atoms with Crippen LogP contribution in [0.5, 0.6) is 0 Å². The van der Waals surface area contributed by atoms with Crippen molar-refractivity contribution in [2.24, 2.45) is 0 Å². The molecule has 0 radical (unpaired) electrons. The molecule has 3 amide bonds. The third kappa shape index (κ3) is 5.72. The summed E-state index contributed by atoms with van der Waals surface area (Å²) < 4.78 is 13.2. The molecule has 2 aliphatic rings. The van der Waals surface area contributed by atoms with Crippen molar-refractivity contribution in [2.75, 3.05) is 56.0 Å². The van der Waals surface area contributed by atoms with E-state index in [-0.39, 0.29) is 36.5 Å². The summed E-state index contributed by atoms with van der Waals surface area (Å²) in [7, 11) is 0. The molecule has 2 aliphatic heterocycles. The number of amides is 3. The Morgan fingerprint density at radius 1 is 1.03 bits per heavy atom. The molecule has 1 atom stereocenters. The molecule has 0 saturated carbocycles. The molecule has 0 unspecified atom stereocenters. The van der Waals surface area contributed by atoms with Crippen LogP contribution in [-0.2, 0) is 14.4 Å². The van der Waals surface area contributed by atoms with Crippen molar-refractivity contribution in [3.63, 3.8) is 0 Å². The van der Waals surface area contributed by atoms with Gasteiger partial charge in [-0.3, -0.25) is 19.3 Å².